The zero-order valence-corrected chi connectivity index (χ0v) is 9.06. The van der Waals surface area contributed by atoms with E-state index in [-0.39, 0.29) is 5.78 Å². The molecule has 0 fully saturated rings. The van der Waals surface area contributed by atoms with Crippen molar-refractivity contribution in [2.45, 2.75) is 6.92 Å². The molecule has 0 amide bonds. The van der Waals surface area contributed by atoms with Gasteiger partial charge in [0.2, 0.25) is 0 Å². The summed E-state index contributed by atoms with van der Waals surface area (Å²) in [6.07, 6.45) is 1.75. The fourth-order valence-electron chi connectivity index (χ4n) is 1.75. The van der Waals surface area contributed by atoms with E-state index in [9.17, 15) is 9.59 Å². The summed E-state index contributed by atoms with van der Waals surface area (Å²) in [5.41, 5.74) is 1.47. The summed E-state index contributed by atoms with van der Waals surface area (Å²) in [5.74, 6) is -0.652. The molecule has 0 aliphatic heterocycles. The lowest BCUT2D eigenvalue weighted by atomic mass is 10.2. The molecule has 4 nitrogen and oxygen atoms in total. The van der Waals surface area contributed by atoms with Gasteiger partial charge >= 0.3 is 5.97 Å². The van der Waals surface area contributed by atoms with Crippen molar-refractivity contribution in [2.24, 2.45) is 0 Å². The summed E-state index contributed by atoms with van der Waals surface area (Å²) in [7, 11) is 1.30. The summed E-state index contributed by atoms with van der Waals surface area (Å²) in [5, 5.41) is 0. The Morgan fingerprint density at radius 3 is 2.69 bits per heavy atom. The van der Waals surface area contributed by atoms with Crippen LogP contribution < -0.4 is 0 Å². The van der Waals surface area contributed by atoms with Crippen molar-refractivity contribution in [3.8, 4) is 0 Å². The molecule has 0 saturated heterocycles. The largest absolute Gasteiger partial charge is 0.465 e. The molecule has 0 atom stereocenters. The van der Waals surface area contributed by atoms with Crippen LogP contribution in [0.5, 0.6) is 0 Å². The maximum atomic E-state index is 11.5. The highest BCUT2D eigenvalue weighted by Crippen LogP contribution is 2.18. The first-order valence-electron chi connectivity index (χ1n) is 4.84. The van der Waals surface area contributed by atoms with Crippen LogP contribution in [0.15, 0.2) is 30.5 Å². The second-order valence-electron chi connectivity index (χ2n) is 3.45. The van der Waals surface area contributed by atoms with Crippen molar-refractivity contribution in [3.05, 3.63) is 41.7 Å². The van der Waals surface area contributed by atoms with Gasteiger partial charge in [0.05, 0.1) is 12.7 Å². The van der Waals surface area contributed by atoms with Gasteiger partial charge in [0.1, 0.15) is 5.69 Å². The lowest BCUT2D eigenvalue weighted by Crippen LogP contribution is -2.08. The molecule has 0 aliphatic carbocycles. The summed E-state index contributed by atoms with van der Waals surface area (Å²) < 4.78 is 6.34. The molecule has 0 bridgehead atoms. The van der Waals surface area contributed by atoms with Crippen molar-refractivity contribution >= 4 is 17.3 Å². The van der Waals surface area contributed by atoms with Crippen molar-refractivity contribution in [2.75, 3.05) is 7.11 Å². The van der Waals surface area contributed by atoms with Crippen LogP contribution in [0.25, 0.3) is 5.52 Å². The topological polar surface area (TPSA) is 47.8 Å². The Balaban J connectivity index is 2.78. The second kappa shape index (κ2) is 3.81. The number of nitrogens with zero attached hydrogens (tertiary/aromatic N) is 1. The number of Topliss-reactive ketones (excluding diaryl/α,β-unsaturated/α-hetero) is 1. The first kappa shape index (κ1) is 10.4. The van der Waals surface area contributed by atoms with Gasteiger partial charge in [-0.05, 0) is 18.2 Å². The number of methoxy groups -OCH3 is 1. The van der Waals surface area contributed by atoms with E-state index in [0.29, 0.717) is 11.3 Å². The van der Waals surface area contributed by atoms with E-state index < -0.39 is 5.97 Å². The molecule has 0 unspecified atom stereocenters. The number of carbonyl (C=O) groups excluding carboxylic acids is 2. The number of carbonyl (C=O) groups is 2. The minimum atomic E-state index is -0.492. The van der Waals surface area contributed by atoms with Crippen molar-refractivity contribution in [3.63, 3.8) is 0 Å². The van der Waals surface area contributed by atoms with Crippen molar-refractivity contribution in [1.82, 2.24) is 4.40 Å². The van der Waals surface area contributed by atoms with Gasteiger partial charge in [-0.25, -0.2) is 4.79 Å². The highest BCUT2D eigenvalue weighted by Gasteiger charge is 2.19. The van der Waals surface area contributed by atoms with Crippen LogP contribution in [0.4, 0.5) is 0 Å². The van der Waals surface area contributed by atoms with E-state index >= 15 is 0 Å². The Morgan fingerprint density at radius 1 is 1.31 bits per heavy atom. The third-order valence-electron chi connectivity index (χ3n) is 2.42. The predicted molar refractivity (Wildman–Crippen MR) is 58.7 cm³/mol. The molecule has 0 aromatic carbocycles. The number of fused-ring (bicyclic) bond motifs is 1. The lowest BCUT2D eigenvalue weighted by Gasteiger charge is -2.01. The molecule has 2 aromatic rings. The van der Waals surface area contributed by atoms with E-state index in [1.54, 1.807) is 22.7 Å². The number of ketones is 1. The molecule has 82 valence electrons. The van der Waals surface area contributed by atoms with Gasteiger partial charge in [0.25, 0.3) is 0 Å². The number of hydrogen-bond donors (Lipinski definition) is 0. The van der Waals surface area contributed by atoms with Crippen LogP contribution in [0, 0.1) is 0 Å². The van der Waals surface area contributed by atoms with Gasteiger partial charge in [-0.3, -0.25) is 4.79 Å². The summed E-state index contributed by atoms with van der Waals surface area (Å²) >= 11 is 0. The normalized spacial score (nSPS) is 10.4. The molecule has 16 heavy (non-hydrogen) atoms. The molecular formula is C12H11NO3. The molecule has 4 heteroatoms. The van der Waals surface area contributed by atoms with Gasteiger partial charge in [0.15, 0.2) is 5.78 Å². The van der Waals surface area contributed by atoms with Gasteiger partial charge in [-0.2, -0.15) is 0 Å². The predicted octanol–water partition coefficient (Wildman–Crippen LogP) is 1.93. The Morgan fingerprint density at radius 2 is 2.06 bits per heavy atom. The Hall–Kier alpha value is -2.10. The number of hydrogen-bond acceptors (Lipinski definition) is 3. The fraction of sp³-hybridized carbons (Fsp3) is 0.167. The second-order valence-corrected chi connectivity index (χ2v) is 3.45. The van der Waals surface area contributed by atoms with Crippen LogP contribution in [0.3, 0.4) is 0 Å². The smallest absolute Gasteiger partial charge is 0.340 e. The molecule has 2 heterocycles. The highest BCUT2D eigenvalue weighted by atomic mass is 16.5. The van der Waals surface area contributed by atoms with Crippen LogP contribution in [-0.4, -0.2) is 23.3 Å². The van der Waals surface area contributed by atoms with E-state index in [0.717, 1.165) is 5.52 Å². The van der Waals surface area contributed by atoms with E-state index in [1.165, 1.54) is 14.0 Å². The molecule has 0 radical (unpaired) electrons. The summed E-state index contributed by atoms with van der Waals surface area (Å²) in [6, 6.07) is 7.14. The number of esters is 1. The van der Waals surface area contributed by atoms with Gasteiger partial charge < -0.3 is 9.14 Å². The molecular weight excluding hydrogens is 206 g/mol. The zero-order valence-electron chi connectivity index (χ0n) is 9.06. The minimum Gasteiger partial charge on any atom is -0.465 e. The number of rotatable bonds is 2. The van der Waals surface area contributed by atoms with Gasteiger partial charge in [0, 0.05) is 18.6 Å². The molecule has 0 saturated carbocycles. The van der Waals surface area contributed by atoms with Crippen LogP contribution >= 0.6 is 0 Å². The third-order valence-corrected chi connectivity index (χ3v) is 2.42. The quantitative estimate of drug-likeness (QED) is 0.570. The van der Waals surface area contributed by atoms with Crippen molar-refractivity contribution < 1.29 is 14.3 Å². The Labute approximate surface area is 92.4 Å². The van der Waals surface area contributed by atoms with Crippen LogP contribution in [0.2, 0.25) is 0 Å². The summed E-state index contributed by atoms with van der Waals surface area (Å²) in [6.45, 7) is 1.43. The zero-order chi connectivity index (χ0) is 11.7. The van der Waals surface area contributed by atoms with Gasteiger partial charge in [-0.1, -0.05) is 6.07 Å². The molecule has 2 aromatic heterocycles. The fourth-order valence-corrected chi connectivity index (χ4v) is 1.75. The summed E-state index contributed by atoms with van der Waals surface area (Å²) in [4.78, 5) is 23.1. The third kappa shape index (κ3) is 1.48. The first-order chi connectivity index (χ1) is 7.65. The molecule has 0 N–H and O–H groups in total. The lowest BCUT2D eigenvalue weighted by molar-refractivity contribution is 0.0597. The Kier molecular flexibility index (Phi) is 2.48. The molecule has 0 aliphatic rings. The average Bonchev–Trinajstić information content (AvgIpc) is 2.67. The number of pyridine rings is 1. The van der Waals surface area contributed by atoms with Crippen molar-refractivity contribution in [1.29, 1.82) is 0 Å². The Bertz CT molecular complexity index is 569. The first-order valence-corrected chi connectivity index (χ1v) is 4.84. The monoisotopic (exact) mass is 217 g/mol. The van der Waals surface area contributed by atoms with Gasteiger partial charge in [-0.15, -0.1) is 0 Å². The standard InChI is InChI=1S/C12H11NO3/c1-8(14)11-10(12(15)16-2)7-9-5-3-4-6-13(9)11/h3-7H,1-2H3. The molecule has 2 rings (SSSR count). The van der Waals surface area contributed by atoms with E-state index in [4.69, 9.17) is 0 Å². The van der Waals surface area contributed by atoms with E-state index in [1.807, 2.05) is 12.1 Å². The van der Waals surface area contributed by atoms with E-state index in [2.05, 4.69) is 4.74 Å². The van der Waals surface area contributed by atoms with Crippen LogP contribution in [0.1, 0.15) is 27.8 Å². The maximum Gasteiger partial charge on any atom is 0.340 e. The highest BCUT2D eigenvalue weighted by molar-refractivity contribution is 6.06. The average molecular weight is 217 g/mol. The van der Waals surface area contributed by atoms with Crippen LogP contribution in [-0.2, 0) is 4.74 Å². The number of aromatic nitrogens is 1. The SMILES string of the molecule is COC(=O)c1cc2ccccn2c1C(C)=O. The number of ether oxygens (including phenoxy) is 1. The molecule has 0 spiro atoms. The minimum absolute atomic E-state index is 0.161. The maximum absolute atomic E-state index is 11.5.